The Morgan fingerprint density at radius 1 is 1.16 bits per heavy atom. The molecule has 0 atom stereocenters. The van der Waals surface area contributed by atoms with E-state index in [0.717, 1.165) is 29.9 Å². The number of hydrogen-bond donors (Lipinski definition) is 1. The number of amides is 1. The van der Waals surface area contributed by atoms with Crippen LogP contribution in [0.1, 0.15) is 34.5 Å². The van der Waals surface area contributed by atoms with Crippen molar-refractivity contribution in [3.8, 4) is 0 Å². The SMILES string of the molecule is Cc1ccn2cc(C(=O)NCc3ccc(N4CCCC4)cc3)nc2c1. The largest absolute Gasteiger partial charge is 0.372 e. The lowest BCUT2D eigenvalue weighted by molar-refractivity contribution is 0.0946. The maximum Gasteiger partial charge on any atom is 0.271 e. The van der Waals surface area contributed by atoms with Crippen molar-refractivity contribution in [1.29, 1.82) is 0 Å². The first-order valence-electron chi connectivity index (χ1n) is 8.76. The van der Waals surface area contributed by atoms with Crippen LogP contribution < -0.4 is 10.2 Å². The monoisotopic (exact) mass is 334 g/mol. The predicted octanol–water partition coefficient (Wildman–Crippen LogP) is 3.17. The molecule has 1 N–H and O–H groups in total. The first-order chi connectivity index (χ1) is 12.2. The second-order valence-electron chi connectivity index (χ2n) is 6.64. The standard InChI is InChI=1S/C20H22N4O/c1-15-8-11-24-14-18(22-19(24)12-15)20(25)21-13-16-4-6-17(7-5-16)23-9-2-3-10-23/h4-8,11-12,14H,2-3,9-10,13H2,1H3,(H,21,25). The summed E-state index contributed by atoms with van der Waals surface area (Å²) in [5, 5.41) is 2.95. The summed E-state index contributed by atoms with van der Waals surface area (Å²) in [7, 11) is 0. The van der Waals surface area contributed by atoms with Gasteiger partial charge in [-0.1, -0.05) is 12.1 Å². The van der Waals surface area contributed by atoms with E-state index in [0.29, 0.717) is 12.2 Å². The van der Waals surface area contributed by atoms with Gasteiger partial charge in [0.15, 0.2) is 0 Å². The molecule has 2 aromatic heterocycles. The lowest BCUT2D eigenvalue weighted by atomic mass is 10.2. The van der Waals surface area contributed by atoms with Gasteiger partial charge in [0.05, 0.1) is 0 Å². The topological polar surface area (TPSA) is 49.6 Å². The van der Waals surface area contributed by atoms with Gasteiger partial charge in [-0.15, -0.1) is 0 Å². The molecule has 5 nitrogen and oxygen atoms in total. The predicted molar refractivity (Wildman–Crippen MR) is 99.0 cm³/mol. The van der Waals surface area contributed by atoms with Crippen LogP contribution in [0, 0.1) is 6.92 Å². The van der Waals surface area contributed by atoms with Crippen molar-refractivity contribution in [3.63, 3.8) is 0 Å². The molecule has 1 aliphatic heterocycles. The van der Waals surface area contributed by atoms with Crippen molar-refractivity contribution in [2.45, 2.75) is 26.3 Å². The zero-order valence-electron chi connectivity index (χ0n) is 14.4. The summed E-state index contributed by atoms with van der Waals surface area (Å²) >= 11 is 0. The lowest BCUT2D eigenvalue weighted by Crippen LogP contribution is -2.23. The summed E-state index contributed by atoms with van der Waals surface area (Å²) in [6.45, 7) is 4.80. The number of nitrogens with zero attached hydrogens (tertiary/aromatic N) is 3. The van der Waals surface area contributed by atoms with Gasteiger partial charge in [0.1, 0.15) is 11.3 Å². The van der Waals surface area contributed by atoms with Gasteiger partial charge in [-0.25, -0.2) is 4.98 Å². The van der Waals surface area contributed by atoms with Crippen LogP contribution in [0.4, 0.5) is 5.69 Å². The Labute approximate surface area is 147 Å². The molecular formula is C20H22N4O. The molecule has 0 aliphatic carbocycles. The fraction of sp³-hybridized carbons (Fsp3) is 0.300. The number of anilines is 1. The van der Waals surface area contributed by atoms with Crippen molar-refractivity contribution in [3.05, 3.63) is 65.6 Å². The average molecular weight is 334 g/mol. The Hall–Kier alpha value is -2.82. The highest BCUT2D eigenvalue weighted by Crippen LogP contribution is 2.20. The number of aromatic nitrogens is 2. The van der Waals surface area contributed by atoms with E-state index in [4.69, 9.17) is 0 Å². The van der Waals surface area contributed by atoms with Crippen molar-refractivity contribution in [2.24, 2.45) is 0 Å². The molecule has 1 amide bonds. The highest BCUT2D eigenvalue weighted by Gasteiger charge is 2.13. The van der Waals surface area contributed by atoms with E-state index in [-0.39, 0.29) is 5.91 Å². The number of imidazole rings is 1. The number of rotatable bonds is 4. The van der Waals surface area contributed by atoms with Gasteiger partial charge >= 0.3 is 0 Å². The van der Waals surface area contributed by atoms with Crippen molar-refractivity contribution in [2.75, 3.05) is 18.0 Å². The maximum absolute atomic E-state index is 12.4. The molecule has 128 valence electrons. The molecule has 1 fully saturated rings. The third kappa shape index (κ3) is 3.36. The summed E-state index contributed by atoms with van der Waals surface area (Å²) in [6.07, 6.45) is 6.23. The minimum Gasteiger partial charge on any atom is -0.372 e. The fourth-order valence-electron chi connectivity index (χ4n) is 3.27. The van der Waals surface area contributed by atoms with Crippen molar-refractivity contribution in [1.82, 2.24) is 14.7 Å². The molecule has 1 saturated heterocycles. The Bertz CT molecular complexity index is 892. The number of pyridine rings is 1. The van der Waals surface area contributed by atoms with Crippen LogP contribution in [0.2, 0.25) is 0 Å². The van der Waals surface area contributed by atoms with Gasteiger partial charge in [0.25, 0.3) is 5.91 Å². The van der Waals surface area contributed by atoms with E-state index in [1.165, 1.54) is 18.5 Å². The van der Waals surface area contributed by atoms with Gasteiger partial charge in [0, 0.05) is 37.7 Å². The number of benzene rings is 1. The minimum absolute atomic E-state index is 0.148. The molecule has 5 heteroatoms. The van der Waals surface area contributed by atoms with E-state index in [9.17, 15) is 4.79 Å². The van der Waals surface area contributed by atoms with E-state index in [1.54, 1.807) is 6.20 Å². The summed E-state index contributed by atoms with van der Waals surface area (Å²) in [6, 6.07) is 12.4. The van der Waals surface area contributed by atoms with Gasteiger partial charge in [-0.05, 0) is 55.2 Å². The van der Waals surface area contributed by atoms with Crippen molar-refractivity contribution >= 4 is 17.2 Å². The molecule has 1 aromatic carbocycles. The van der Waals surface area contributed by atoms with Crippen LogP contribution in [-0.4, -0.2) is 28.4 Å². The zero-order valence-corrected chi connectivity index (χ0v) is 14.4. The lowest BCUT2D eigenvalue weighted by Gasteiger charge is -2.17. The van der Waals surface area contributed by atoms with E-state index < -0.39 is 0 Å². The molecule has 3 aromatic rings. The molecule has 0 unspecified atom stereocenters. The van der Waals surface area contributed by atoms with Gasteiger partial charge in [-0.2, -0.15) is 0 Å². The third-order valence-corrected chi connectivity index (χ3v) is 4.71. The molecule has 0 radical (unpaired) electrons. The number of carbonyl (C=O) groups is 1. The number of aryl methyl sites for hydroxylation is 1. The summed E-state index contributed by atoms with van der Waals surface area (Å²) in [5.41, 5.74) is 4.72. The minimum atomic E-state index is -0.148. The van der Waals surface area contributed by atoms with Crippen LogP contribution >= 0.6 is 0 Å². The van der Waals surface area contributed by atoms with Gasteiger partial charge < -0.3 is 14.6 Å². The normalized spacial score (nSPS) is 14.2. The number of hydrogen-bond acceptors (Lipinski definition) is 3. The highest BCUT2D eigenvalue weighted by atomic mass is 16.1. The zero-order chi connectivity index (χ0) is 17.2. The molecule has 0 spiro atoms. The van der Waals surface area contributed by atoms with E-state index in [1.807, 2.05) is 29.7 Å². The Morgan fingerprint density at radius 3 is 2.68 bits per heavy atom. The van der Waals surface area contributed by atoms with E-state index in [2.05, 4.69) is 39.5 Å². The molecule has 4 rings (SSSR count). The Kier molecular flexibility index (Phi) is 4.14. The molecule has 0 saturated carbocycles. The first kappa shape index (κ1) is 15.7. The van der Waals surface area contributed by atoms with Crippen LogP contribution in [0.5, 0.6) is 0 Å². The summed E-state index contributed by atoms with van der Waals surface area (Å²) in [4.78, 5) is 19.2. The fourth-order valence-corrected chi connectivity index (χ4v) is 3.27. The van der Waals surface area contributed by atoms with Crippen LogP contribution in [-0.2, 0) is 6.54 Å². The Balaban J connectivity index is 1.40. The van der Waals surface area contributed by atoms with Crippen molar-refractivity contribution < 1.29 is 4.79 Å². The van der Waals surface area contributed by atoms with E-state index >= 15 is 0 Å². The summed E-state index contributed by atoms with van der Waals surface area (Å²) in [5.74, 6) is -0.148. The summed E-state index contributed by atoms with van der Waals surface area (Å²) < 4.78 is 1.87. The number of nitrogens with one attached hydrogen (secondary N) is 1. The third-order valence-electron chi connectivity index (χ3n) is 4.71. The molecule has 0 bridgehead atoms. The molecule has 1 aliphatic rings. The number of fused-ring (bicyclic) bond motifs is 1. The smallest absolute Gasteiger partial charge is 0.271 e. The van der Waals surface area contributed by atoms with Crippen LogP contribution in [0.15, 0.2) is 48.8 Å². The first-order valence-corrected chi connectivity index (χ1v) is 8.76. The van der Waals surface area contributed by atoms with Crippen LogP contribution in [0.25, 0.3) is 5.65 Å². The molecule has 3 heterocycles. The molecule has 25 heavy (non-hydrogen) atoms. The van der Waals surface area contributed by atoms with Gasteiger partial charge in [-0.3, -0.25) is 4.79 Å². The molecular weight excluding hydrogens is 312 g/mol. The second kappa shape index (κ2) is 6.59. The van der Waals surface area contributed by atoms with Crippen LogP contribution in [0.3, 0.4) is 0 Å². The number of carbonyl (C=O) groups excluding carboxylic acids is 1. The second-order valence-corrected chi connectivity index (χ2v) is 6.64. The quantitative estimate of drug-likeness (QED) is 0.797. The average Bonchev–Trinajstić information content (AvgIpc) is 3.29. The highest BCUT2D eigenvalue weighted by molar-refractivity contribution is 5.92. The maximum atomic E-state index is 12.4. The Morgan fingerprint density at radius 2 is 1.92 bits per heavy atom. The van der Waals surface area contributed by atoms with Gasteiger partial charge in [0.2, 0.25) is 0 Å².